The normalized spacial score (nSPS) is 9.31. The van der Waals surface area contributed by atoms with Crippen LogP contribution in [-0.4, -0.2) is 20.9 Å². The molecule has 4 heteroatoms. The monoisotopic (exact) mass is 173 g/mol. The fraction of sp³-hybridized carbons (Fsp3) is 0.222. The minimum absolute atomic E-state index is 0.0892. The lowest BCUT2D eigenvalue weighted by molar-refractivity contribution is -0.118. The van der Waals surface area contributed by atoms with Crippen LogP contribution in [0.5, 0.6) is 0 Å². The van der Waals surface area contributed by atoms with Gasteiger partial charge < -0.3 is 5.23 Å². The van der Waals surface area contributed by atoms with Crippen molar-refractivity contribution in [3.63, 3.8) is 0 Å². The standard InChI is InChI=1S/C9H13B2NO/c1-7-2-4-8(5-3-7)6-9(13)12-11-10/h2-5,11H,6,10H2,1H3,(H,12,13). The largest absolute Gasteiger partial charge is 0.410 e. The predicted octanol–water partition coefficient (Wildman–Crippen LogP) is -0.447. The molecule has 0 aliphatic carbocycles. The maximum atomic E-state index is 11.2. The molecule has 1 aromatic rings. The molecule has 1 amide bonds. The lowest BCUT2D eigenvalue weighted by Crippen LogP contribution is -2.28. The number of hydrogen-bond donors (Lipinski definition) is 1. The Kier molecular flexibility index (Phi) is 3.62. The Hall–Kier alpha value is -1.18. The summed E-state index contributed by atoms with van der Waals surface area (Å²) >= 11 is 0. The second kappa shape index (κ2) is 4.75. The van der Waals surface area contributed by atoms with E-state index in [1.807, 2.05) is 38.9 Å². The van der Waals surface area contributed by atoms with Gasteiger partial charge >= 0.3 is 0 Å². The fourth-order valence-corrected chi connectivity index (χ4v) is 1.15. The zero-order valence-corrected chi connectivity index (χ0v) is 8.13. The molecule has 13 heavy (non-hydrogen) atoms. The van der Waals surface area contributed by atoms with Crippen molar-refractivity contribution in [1.29, 1.82) is 0 Å². The number of nitrogens with one attached hydrogen (secondary N) is 1. The number of aryl methyl sites for hydroxylation is 1. The summed E-state index contributed by atoms with van der Waals surface area (Å²) in [6, 6.07) is 8.03. The molecule has 0 aliphatic heterocycles. The minimum Gasteiger partial charge on any atom is -0.410 e. The molecular weight excluding hydrogens is 160 g/mol. The first-order valence-corrected chi connectivity index (χ1v) is 4.54. The first kappa shape index (κ1) is 9.90. The summed E-state index contributed by atoms with van der Waals surface area (Å²) in [5, 5.41) is 2.77. The van der Waals surface area contributed by atoms with Crippen molar-refractivity contribution in [3.8, 4) is 0 Å². The van der Waals surface area contributed by atoms with Crippen LogP contribution in [0.3, 0.4) is 0 Å². The predicted molar refractivity (Wildman–Crippen MR) is 58.7 cm³/mol. The van der Waals surface area contributed by atoms with E-state index in [0.29, 0.717) is 13.7 Å². The van der Waals surface area contributed by atoms with Gasteiger partial charge in [0.2, 0.25) is 5.91 Å². The third-order valence-electron chi connectivity index (χ3n) is 1.86. The zero-order valence-electron chi connectivity index (χ0n) is 8.13. The molecule has 66 valence electrons. The maximum absolute atomic E-state index is 11.2. The van der Waals surface area contributed by atoms with Gasteiger partial charge in [0.25, 0.3) is 0 Å². The number of carbonyl (C=O) groups excluding carboxylic acids is 1. The van der Waals surface area contributed by atoms with Gasteiger partial charge in [-0.15, -0.1) is 0 Å². The number of carbonyl (C=O) groups is 1. The number of amides is 1. The smallest absolute Gasteiger partial charge is 0.211 e. The van der Waals surface area contributed by atoms with Crippen molar-refractivity contribution >= 4 is 20.9 Å². The average Bonchev–Trinajstić information content (AvgIpc) is 2.09. The Bertz CT molecular complexity index is 284. The molecule has 0 saturated heterocycles. The first-order valence-electron chi connectivity index (χ1n) is 4.54. The van der Waals surface area contributed by atoms with Gasteiger partial charge in [-0.3, -0.25) is 4.79 Å². The summed E-state index contributed by atoms with van der Waals surface area (Å²) in [5.41, 5.74) is 2.29. The highest BCUT2D eigenvalue weighted by Gasteiger charge is 2.00. The molecule has 0 aromatic heterocycles. The molecule has 1 rings (SSSR count). The van der Waals surface area contributed by atoms with E-state index in [0.717, 1.165) is 5.56 Å². The quantitative estimate of drug-likeness (QED) is 0.616. The van der Waals surface area contributed by atoms with Crippen LogP contribution in [0.1, 0.15) is 11.1 Å². The third-order valence-corrected chi connectivity index (χ3v) is 1.86. The van der Waals surface area contributed by atoms with Gasteiger partial charge in [-0.05, 0) is 12.5 Å². The van der Waals surface area contributed by atoms with Gasteiger partial charge in [0, 0.05) is 0 Å². The van der Waals surface area contributed by atoms with E-state index in [2.05, 4.69) is 5.23 Å². The van der Waals surface area contributed by atoms with E-state index in [-0.39, 0.29) is 5.91 Å². The summed E-state index contributed by atoms with van der Waals surface area (Å²) in [5.74, 6) is 0.0892. The van der Waals surface area contributed by atoms with E-state index in [1.165, 1.54) is 5.56 Å². The highest BCUT2D eigenvalue weighted by atomic mass is 16.1. The van der Waals surface area contributed by atoms with Crippen molar-refractivity contribution in [2.45, 2.75) is 13.3 Å². The summed E-state index contributed by atoms with van der Waals surface area (Å²) < 4.78 is 0. The highest BCUT2D eigenvalue weighted by Crippen LogP contribution is 2.03. The van der Waals surface area contributed by atoms with E-state index in [4.69, 9.17) is 0 Å². The molecule has 1 N–H and O–H groups in total. The minimum atomic E-state index is 0.0892. The summed E-state index contributed by atoms with van der Waals surface area (Å²) in [7, 11) is 2.62. The van der Waals surface area contributed by atoms with Gasteiger partial charge in [0.15, 0.2) is 7.31 Å². The van der Waals surface area contributed by atoms with Crippen LogP contribution in [0.25, 0.3) is 0 Å². The van der Waals surface area contributed by atoms with Crippen LogP contribution in [0, 0.1) is 6.92 Å². The number of rotatable bonds is 3. The van der Waals surface area contributed by atoms with Crippen molar-refractivity contribution in [1.82, 2.24) is 5.23 Å². The molecule has 0 atom stereocenters. The van der Waals surface area contributed by atoms with Crippen LogP contribution >= 0.6 is 0 Å². The molecule has 0 heterocycles. The van der Waals surface area contributed by atoms with Crippen molar-refractivity contribution in [2.75, 3.05) is 0 Å². The summed E-state index contributed by atoms with van der Waals surface area (Å²) in [6.45, 7) is 2.04. The Labute approximate surface area is 80.4 Å². The van der Waals surface area contributed by atoms with Crippen LogP contribution in [0.4, 0.5) is 0 Å². The lowest BCUT2D eigenvalue weighted by atomic mass is 9.67. The number of benzene rings is 1. The van der Waals surface area contributed by atoms with Gasteiger partial charge in [0.1, 0.15) is 0 Å². The van der Waals surface area contributed by atoms with Crippen LogP contribution in [0.2, 0.25) is 0 Å². The Morgan fingerprint density at radius 3 is 2.62 bits per heavy atom. The van der Waals surface area contributed by atoms with Gasteiger partial charge in [-0.2, -0.15) is 0 Å². The average molecular weight is 173 g/mol. The molecule has 0 radical (unpaired) electrons. The van der Waals surface area contributed by atoms with Gasteiger partial charge in [-0.1, -0.05) is 29.8 Å². The Balaban J connectivity index is 2.54. The van der Waals surface area contributed by atoms with Crippen molar-refractivity contribution < 1.29 is 4.79 Å². The first-order chi connectivity index (χ1) is 6.22. The van der Waals surface area contributed by atoms with Gasteiger partial charge in [-0.25, -0.2) is 0 Å². The molecule has 1 aromatic carbocycles. The second-order valence-electron chi connectivity index (χ2n) is 3.12. The molecule has 2 nitrogen and oxygen atoms in total. The highest BCUT2D eigenvalue weighted by molar-refractivity contribution is 6.89. The summed E-state index contributed by atoms with van der Waals surface area (Å²) in [6.07, 6.45) is 0.480. The SMILES string of the molecule is BBNC(=O)Cc1ccc(C)cc1. The van der Waals surface area contributed by atoms with E-state index in [9.17, 15) is 4.79 Å². The third kappa shape index (κ3) is 3.36. The van der Waals surface area contributed by atoms with Crippen molar-refractivity contribution in [2.24, 2.45) is 0 Å². The maximum Gasteiger partial charge on any atom is 0.211 e. The lowest BCUT2D eigenvalue weighted by Gasteiger charge is -2.02. The molecular formula is C9H13B2NO. The molecule has 0 bridgehead atoms. The van der Waals surface area contributed by atoms with E-state index >= 15 is 0 Å². The molecule has 0 fully saturated rings. The van der Waals surface area contributed by atoms with Crippen LogP contribution in [0.15, 0.2) is 24.3 Å². The van der Waals surface area contributed by atoms with Crippen LogP contribution < -0.4 is 5.23 Å². The Morgan fingerprint density at radius 2 is 2.08 bits per heavy atom. The topological polar surface area (TPSA) is 29.1 Å². The molecule has 0 unspecified atom stereocenters. The van der Waals surface area contributed by atoms with Gasteiger partial charge in [0.05, 0.1) is 14.2 Å². The molecule has 0 aliphatic rings. The van der Waals surface area contributed by atoms with Crippen LogP contribution in [-0.2, 0) is 11.2 Å². The molecule has 0 spiro atoms. The second-order valence-corrected chi connectivity index (χ2v) is 3.12. The van der Waals surface area contributed by atoms with Crippen molar-refractivity contribution in [3.05, 3.63) is 35.4 Å². The van der Waals surface area contributed by atoms with E-state index < -0.39 is 0 Å². The zero-order chi connectivity index (χ0) is 9.68. The van der Waals surface area contributed by atoms with E-state index in [1.54, 1.807) is 0 Å². The summed E-state index contributed by atoms with van der Waals surface area (Å²) in [4.78, 5) is 11.2. The number of hydrogen-bond acceptors (Lipinski definition) is 1. The fourth-order valence-electron chi connectivity index (χ4n) is 1.15. The Morgan fingerprint density at radius 1 is 1.46 bits per heavy atom. The molecule has 0 saturated carbocycles.